The molecule has 2 unspecified atom stereocenters. The lowest BCUT2D eigenvalue weighted by molar-refractivity contribution is -0.0496. The molecule has 0 radical (unpaired) electrons. The van der Waals surface area contributed by atoms with E-state index < -0.39 is 0 Å². The number of hydrogen-bond donors (Lipinski definition) is 1. The van der Waals surface area contributed by atoms with Crippen LogP contribution < -0.4 is 5.32 Å². The minimum absolute atomic E-state index is 0.407. The number of nitrogens with zero attached hydrogens (tertiary/aromatic N) is 1. The predicted octanol–water partition coefficient (Wildman–Crippen LogP) is 1.87. The van der Waals surface area contributed by atoms with Gasteiger partial charge in [0.25, 0.3) is 0 Å². The van der Waals surface area contributed by atoms with Crippen LogP contribution in [-0.4, -0.2) is 49.3 Å². The molecule has 1 fully saturated rings. The van der Waals surface area contributed by atoms with Crippen molar-refractivity contribution in [1.29, 1.82) is 0 Å². The summed E-state index contributed by atoms with van der Waals surface area (Å²) in [7, 11) is 0. The van der Waals surface area contributed by atoms with Crippen LogP contribution in [0.15, 0.2) is 0 Å². The van der Waals surface area contributed by atoms with E-state index in [0.717, 1.165) is 19.7 Å². The van der Waals surface area contributed by atoms with E-state index >= 15 is 0 Å². The number of nitrogens with one attached hydrogen (secondary N) is 1. The highest BCUT2D eigenvalue weighted by atomic mass is 16.5. The molecule has 0 spiro atoms. The lowest BCUT2D eigenvalue weighted by atomic mass is 10.2. The van der Waals surface area contributed by atoms with Crippen LogP contribution in [0.5, 0.6) is 0 Å². The summed E-state index contributed by atoms with van der Waals surface area (Å²) in [6, 6.07) is 1.21. The summed E-state index contributed by atoms with van der Waals surface area (Å²) in [5.41, 5.74) is 0. The normalized spacial score (nSPS) is 27.6. The summed E-state index contributed by atoms with van der Waals surface area (Å²) in [4.78, 5) is 2.56. The minimum Gasteiger partial charge on any atom is -0.376 e. The minimum atomic E-state index is 0.407. The molecule has 3 nitrogen and oxygen atoms in total. The van der Waals surface area contributed by atoms with E-state index in [2.05, 4.69) is 37.9 Å². The second-order valence-electron chi connectivity index (χ2n) is 5.30. The molecule has 1 aliphatic heterocycles. The van der Waals surface area contributed by atoms with Crippen molar-refractivity contribution in [3.63, 3.8) is 0 Å². The molecular weight excluding hydrogens is 200 g/mol. The van der Waals surface area contributed by atoms with E-state index in [9.17, 15) is 0 Å². The fourth-order valence-corrected chi connectivity index (χ4v) is 2.11. The van der Waals surface area contributed by atoms with Gasteiger partial charge in [0.05, 0.1) is 12.7 Å². The number of unbranched alkanes of at least 4 members (excludes halogenated alkanes) is 1. The molecule has 96 valence electrons. The van der Waals surface area contributed by atoms with Gasteiger partial charge in [-0.3, -0.25) is 4.90 Å². The van der Waals surface area contributed by atoms with Crippen molar-refractivity contribution in [3.8, 4) is 0 Å². The number of rotatable bonds is 6. The van der Waals surface area contributed by atoms with Gasteiger partial charge in [-0.05, 0) is 39.8 Å². The van der Waals surface area contributed by atoms with Crippen LogP contribution in [0.3, 0.4) is 0 Å². The molecule has 1 aliphatic rings. The smallest absolute Gasteiger partial charge is 0.0674 e. The molecule has 1 heterocycles. The van der Waals surface area contributed by atoms with Crippen molar-refractivity contribution < 1.29 is 4.74 Å². The summed E-state index contributed by atoms with van der Waals surface area (Å²) in [6.07, 6.45) is 2.97. The zero-order chi connectivity index (χ0) is 12.0. The maximum atomic E-state index is 5.63. The zero-order valence-electron chi connectivity index (χ0n) is 11.3. The molecule has 0 amide bonds. The Morgan fingerprint density at radius 1 is 1.31 bits per heavy atom. The van der Waals surface area contributed by atoms with Gasteiger partial charge in [-0.2, -0.15) is 0 Å². The third-order valence-electron chi connectivity index (χ3n) is 3.16. The van der Waals surface area contributed by atoms with Crippen molar-refractivity contribution in [2.24, 2.45) is 0 Å². The SMILES string of the molecule is CC(C)NCCCCN1CC(C)OCC1C. The molecule has 0 aromatic rings. The van der Waals surface area contributed by atoms with E-state index in [4.69, 9.17) is 4.74 Å². The van der Waals surface area contributed by atoms with E-state index in [0.29, 0.717) is 18.2 Å². The average molecular weight is 228 g/mol. The Bertz CT molecular complexity index is 185. The fourth-order valence-electron chi connectivity index (χ4n) is 2.11. The van der Waals surface area contributed by atoms with Crippen molar-refractivity contribution >= 4 is 0 Å². The van der Waals surface area contributed by atoms with Crippen LogP contribution in [0.2, 0.25) is 0 Å². The van der Waals surface area contributed by atoms with Crippen LogP contribution in [0.1, 0.15) is 40.5 Å². The Hall–Kier alpha value is -0.120. The highest BCUT2D eigenvalue weighted by Gasteiger charge is 2.22. The Kier molecular flexibility index (Phi) is 6.32. The molecule has 1 rings (SSSR count). The molecule has 0 aromatic carbocycles. The highest BCUT2D eigenvalue weighted by Crippen LogP contribution is 2.11. The monoisotopic (exact) mass is 228 g/mol. The van der Waals surface area contributed by atoms with E-state index in [1.54, 1.807) is 0 Å². The second-order valence-corrected chi connectivity index (χ2v) is 5.30. The van der Waals surface area contributed by atoms with Gasteiger partial charge in [0.2, 0.25) is 0 Å². The Balaban J connectivity index is 2.07. The third-order valence-corrected chi connectivity index (χ3v) is 3.16. The largest absolute Gasteiger partial charge is 0.376 e. The fraction of sp³-hybridized carbons (Fsp3) is 1.00. The Morgan fingerprint density at radius 2 is 2.06 bits per heavy atom. The first-order chi connectivity index (χ1) is 7.59. The Morgan fingerprint density at radius 3 is 2.75 bits per heavy atom. The molecule has 1 saturated heterocycles. The summed E-state index contributed by atoms with van der Waals surface area (Å²) >= 11 is 0. The van der Waals surface area contributed by atoms with Gasteiger partial charge < -0.3 is 10.1 Å². The van der Waals surface area contributed by atoms with Crippen molar-refractivity contribution in [2.75, 3.05) is 26.2 Å². The average Bonchev–Trinajstić information content (AvgIpc) is 2.22. The van der Waals surface area contributed by atoms with Crippen LogP contribution in [0.4, 0.5) is 0 Å². The van der Waals surface area contributed by atoms with Gasteiger partial charge >= 0.3 is 0 Å². The summed E-state index contributed by atoms with van der Waals surface area (Å²) in [5.74, 6) is 0. The second kappa shape index (κ2) is 7.25. The first-order valence-corrected chi connectivity index (χ1v) is 6.68. The van der Waals surface area contributed by atoms with Crippen molar-refractivity contribution in [2.45, 2.75) is 58.7 Å². The topological polar surface area (TPSA) is 24.5 Å². The number of ether oxygens (including phenoxy) is 1. The maximum Gasteiger partial charge on any atom is 0.0674 e. The standard InChI is InChI=1S/C13H28N2O/c1-11(2)14-7-5-6-8-15-9-13(4)16-10-12(15)3/h11-14H,5-10H2,1-4H3. The van der Waals surface area contributed by atoms with E-state index in [1.165, 1.54) is 19.4 Å². The predicted molar refractivity (Wildman–Crippen MR) is 68.8 cm³/mol. The van der Waals surface area contributed by atoms with Crippen LogP contribution in [0, 0.1) is 0 Å². The summed E-state index contributed by atoms with van der Waals surface area (Å²) in [6.45, 7) is 13.2. The lowest BCUT2D eigenvalue weighted by Crippen LogP contribution is -2.47. The molecular formula is C13H28N2O. The molecule has 1 N–H and O–H groups in total. The molecule has 0 aliphatic carbocycles. The third kappa shape index (κ3) is 5.28. The van der Waals surface area contributed by atoms with Gasteiger partial charge in [0, 0.05) is 18.6 Å². The highest BCUT2D eigenvalue weighted by molar-refractivity contribution is 4.75. The van der Waals surface area contributed by atoms with Gasteiger partial charge in [0.15, 0.2) is 0 Å². The molecule has 2 atom stereocenters. The lowest BCUT2D eigenvalue weighted by Gasteiger charge is -2.36. The number of morpholine rings is 1. The Labute approximate surface area is 101 Å². The summed E-state index contributed by atoms with van der Waals surface area (Å²) in [5, 5.41) is 3.46. The molecule has 16 heavy (non-hydrogen) atoms. The molecule has 3 heteroatoms. The zero-order valence-corrected chi connectivity index (χ0v) is 11.3. The first kappa shape index (κ1) is 13.9. The van der Waals surface area contributed by atoms with Gasteiger partial charge in [-0.1, -0.05) is 13.8 Å². The van der Waals surface area contributed by atoms with Gasteiger partial charge in [0.1, 0.15) is 0 Å². The molecule has 0 bridgehead atoms. The summed E-state index contributed by atoms with van der Waals surface area (Å²) < 4.78 is 5.63. The number of hydrogen-bond acceptors (Lipinski definition) is 3. The van der Waals surface area contributed by atoms with E-state index in [-0.39, 0.29) is 0 Å². The van der Waals surface area contributed by atoms with Crippen molar-refractivity contribution in [1.82, 2.24) is 10.2 Å². The first-order valence-electron chi connectivity index (χ1n) is 6.68. The van der Waals surface area contributed by atoms with E-state index in [1.807, 2.05) is 0 Å². The van der Waals surface area contributed by atoms with Crippen molar-refractivity contribution in [3.05, 3.63) is 0 Å². The van der Waals surface area contributed by atoms with Crippen LogP contribution in [-0.2, 0) is 4.74 Å². The van der Waals surface area contributed by atoms with Crippen LogP contribution in [0.25, 0.3) is 0 Å². The molecule has 0 saturated carbocycles. The van der Waals surface area contributed by atoms with Crippen LogP contribution >= 0.6 is 0 Å². The van der Waals surface area contributed by atoms with Gasteiger partial charge in [-0.15, -0.1) is 0 Å². The quantitative estimate of drug-likeness (QED) is 0.703. The molecule has 0 aromatic heterocycles. The maximum absolute atomic E-state index is 5.63. The van der Waals surface area contributed by atoms with Gasteiger partial charge in [-0.25, -0.2) is 0 Å².